The predicted molar refractivity (Wildman–Crippen MR) is 143 cm³/mol. The van der Waals surface area contributed by atoms with Crippen LogP contribution in [-0.4, -0.2) is 52.1 Å². The van der Waals surface area contributed by atoms with E-state index in [0.717, 1.165) is 19.3 Å². The molecule has 0 heterocycles. The minimum absolute atomic E-state index is 0.118. The predicted octanol–water partition coefficient (Wildman–Crippen LogP) is 5.22. The maximum Gasteiger partial charge on any atom is 0.408 e. The van der Waals surface area contributed by atoms with Crippen LogP contribution < -0.4 is 10.6 Å². The van der Waals surface area contributed by atoms with E-state index >= 15 is 0 Å². The molecule has 8 heteroatoms. The number of phenols is 1. The smallest absolute Gasteiger partial charge is 0.408 e. The van der Waals surface area contributed by atoms with Crippen LogP contribution in [0.5, 0.6) is 5.75 Å². The van der Waals surface area contributed by atoms with Gasteiger partial charge in [-0.25, -0.2) is 4.79 Å². The average molecular weight is 506 g/mol. The van der Waals surface area contributed by atoms with Crippen molar-refractivity contribution in [2.75, 3.05) is 6.54 Å². The van der Waals surface area contributed by atoms with E-state index in [1.165, 1.54) is 11.0 Å². The van der Waals surface area contributed by atoms with Gasteiger partial charge in [0.25, 0.3) is 0 Å². The Morgan fingerprint density at radius 3 is 2.22 bits per heavy atom. The van der Waals surface area contributed by atoms with Gasteiger partial charge >= 0.3 is 6.09 Å². The van der Waals surface area contributed by atoms with Crippen LogP contribution in [0, 0.1) is 12.8 Å². The molecular weight excluding hydrogens is 458 g/mol. The third-order valence-electron chi connectivity index (χ3n) is 6.10. The molecule has 0 aliphatic carbocycles. The first-order valence-corrected chi connectivity index (χ1v) is 13.1. The molecule has 1 rings (SSSR count). The molecule has 3 N–H and O–H groups in total. The van der Waals surface area contributed by atoms with Crippen molar-refractivity contribution in [1.29, 1.82) is 0 Å². The highest BCUT2D eigenvalue weighted by Gasteiger charge is 2.39. The zero-order valence-electron chi connectivity index (χ0n) is 23.6. The number of nitrogens with one attached hydrogen (secondary N) is 2. The SMILES string of the molecule is CCCCCNC(=O)C(c1ccc(O)c(C)c1)N(C(=O)C(NC(=O)OC(C)(C)C)C(C)CC)C(C)C. The highest BCUT2D eigenvalue weighted by Crippen LogP contribution is 2.29. The number of aromatic hydroxyl groups is 1. The third-order valence-corrected chi connectivity index (χ3v) is 6.10. The molecule has 0 aliphatic heterocycles. The number of aryl methyl sites for hydroxylation is 1. The number of hydrogen-bond acceptors (Lipinski definition) is 5. The Balaban J connectivity index is 3.46. The van der Waals surface area contributed by atoms with Crippen LogP contribution in [-0.2, 0) is 14.3 Å². The van der Waals surface area contributed by atoms with Gasteiger partial charge in [0.15, 0.2) is 0 Å². The molecule has 0 aromatic heterocycles. The van der Waals surface area contributed by atoms with Gasteiger partial charge in [-0.1, -0.05) is 46.1 Å². The first-order valence-electron chi connectivity index (χ1n) is 13.1. The summed E-state index contributed by atoms with van der Waals surface area (Å²) in [6.07, 6.45) is 2.83. The molecule has 36 heavy (non-hydrogen) atoms. The van der Waals surface area contributed by atoms with E-state index in [2.05, 4.69) is 17.6 Å². The van der Waals surface area contributed by atoms with E-state index < -0.39 is 23.8 Å². The van der Waals surface area contributed by atoms with Gasteiger partial charge < -0.3 is 25.4 Å². The molecule has 8 nitrogen and oxygen atoms in total. The van der Waals surface area contributed by atoms with Crippen molar-refractivity contribution in [2.45, 2.75) is 112 Å². The highest BCUT2D eigenvalue weighted by atomic mass is 16.6. The van der Waals surface area contributed by atoms with Crippen LogP contribution >= 0.6 is 0 Å². The number of unbranched alkanes of at least 4 members (excludes halogenated alkanes) is 2. The van der Waals surface area contributed by atoms with Crippen LogP contribution in [0.3, 0.4) is 0 Å². The number of hydrogen-bond donors (Lipinski definition) is 3. The molecule has 0 bridgehead atoms. The second-order valence-corrected chi connectivity index (χ2v) is 10.8. The summed E-state index contributed by atoms with van der Waals surface area (Å²) in [4.78, 5) is 41.8. The second-order valence-electron chi connectivity index (χ2n) is 10.8. The van der Waals surface area contributed by atoms with Crippen molar-refractivity contribution in [3.05, 3.63) is 29.3 Å². The summed E-state index contributed by atoms with van der Waals surface area (Å²) in [5.74, 6) is -0.725. The van der Waals surface area contributed by atoms with E-state index in [4.69, 9.17) is 4.74 Å². The van der Waals surface area contributed by atoms with E-state index in [0.29, 0.717) is 24.1 Å². The fourth-order valence-corrected chi connectivity index (χ4v) is 3.93. The zero-order chi connectivity index (χ0) is 27.6. The van der Waals surface area contributed by atoms with Gasteiger partial charge in [-0.15, -0.1) is 0 Å². The molecule has 0 spiro atoms. The standard InChI is InChI=1S/C28H47N3O5/c1-10-12-13-16-29-25(33)24(21-14-15-22(32)20(6)17-21)31(18(3)4)26(34)23(19(5)11-2)30-27(35)36-28(7,8)9/h14-15,17-19,23-24,32H,10-13,16H2,1-9H3,(H,29,33)(H,30,35). The van der Waals surface area contributed by atoms with Gasteiger partial charge in [-0.05, 0) is 77.1 Å². The largest absolute Gasteiger partial charge is 0.508 e. The second kappa shape index (κ2) is 14.1. The van der Waals surface area contributed by atoms with Gasteiger partial charge in [0, 0.05) is 12.6 Å². The Morgan fingerprint density at radius 1 is 1.08 bits per heavy atom. The lowest BCUT2D eigenvalue weighted by molar-refractivity contribution is -0.145. The number of nitrogens with zero attached hydrogens (tertiary/aromatic N) is 1. The first kappa shape index (κ1) is 31.3. The molecule has 204 valence electrons. The lowest BCUT2D eigenvalue weighted by Gasteiger charge is -2.38. The lowest BCUT2D eigenvalue weighted by Crippen LogP contribution is -2.57. The fourth-order valence-electron chi connectivity index (χ4n) is 3.93. The summed E-state index contributed by atoms with van der Waals surface area (Å²) >= 11 is 0. The molecule has 0 saturated heterocycles. The summed E-state index contributed by atoms with van der Waals surface area (Å²) in [5.41, 5.74) is 0.494. The van der Waals surface area contributed by atoms with E-state index in [1.54, 1.807) is 39.8 Å². The number of ether oxygens (including phenoxy) is 1. The fraction of sp³-hybridized carbons (Fsp3) is 0.679. The summed E-state index contributed by atoms with van der Waals surface area (Å²) in [5, 5.41) is 15.8. The van der Waals surface area contributed by atoms with Crippen molar-refractivity contribution < 1.29 is 24.2 Å². The Hall–Kier alpha value is -2.77. The molecule has 1 aromatic carbocycles. The quantitative estimate of drug-likeness (QED) is 0.337. The molecule has 3 amide bonds. The summed E-state index contributed by atoms with van der Waals surface area (Å²) in [7, 11) is 0. The van der Waals surface area contributed by atoms with Gasteiger partial charge in [-0.3, -0.25) is 9.59 Å². The average Bonchev–Trinajstić information content (AvgIpc) is 2.78. The van der Waals surface area contributed by atoms with Gasteiger partial charge in [0.2, 0.25) is 11.8 Å². The highest BCUT2D eigenvalue weighted by molar-refractivity contribution is 5.92. The Labute approximate surface area is 217 Å². The number of carbonyl (C=O) groups is 3. The Kier molecular flexibility index (Phi) is 12.2. The molecule has 0 fully saturated rings. The molecule has 0 saturated carbocycles. The van der Waals surface area contributed by atoms with Crippen LogP contribution in [0.15, 0.2) is 18.2 Å². The molecule has 3 unspecified atom stereocenters. The molecule has 3 atom stereocenters. The minimum atomic E-state index is -0.926. The summed E-state index contributed by atoms with van der Waals surface area (Å²) in [6, 6.07) is 2.79. The Morgan fingerprint density at radius 2 is 1.72 bits per heavy atom. The third kappa shape index (κ3) is 9.36. The van der Waals surface area contributed by atoms with Crippen LogP contribution in [0.4, 0.5) is 4.79 Å². The number of amides is 3. The van der Waals surface area contributed by atoms with Gasteiger partial charge in [0.05, 0.1) is 0 Å². The van der Waals surface area contributed by atoms with Crippen LogP contribution in [0.1, 0.15) is 98.2 Å². The number of rotatable bonds is 12. The van der Waals surface area contributed by atoms with Gasteiger partial charge in [-0.2, -0.15) is 0 Å². The number of benzene rings is 1. The molecular formula is C28H47N3O5. The summed E-state index contributed by atoms with van der Waals surface area (Å²) in [6.45, 7) is 17.2. The number of phenolic OH excluding ortho intramolecular Hbond substituents is 1. The molecule has 0 aliphatic rings. The molecule has 1 aromatic rings. The first-order chi connectivity index (χ1) is 16.7. The number of carbonyl (C=O) groups excluding carboxylic acids is 3. The zero-order valence-corrected chi connectivity index (χ0v) is 23.6. The van der Waals surface area contributed by atoms with Crippen molar-refractivity contribution in [1.82, 2.24) is 15.5 Å². The summed E-state index contributed by atoms with van der Waals surface area (Å²) < 4.78 is 5.42. The lowest BCUT2D eigenvalue weighted by atomic mass is 9.94. The van der Waals surface area contributed by atoms with Crippen LogP contribution in [0.25, 0.3) is 0 Å². The number of alkyl carbamates (subject to hydrolysis) is 1. The Bertz CT molecular complexity index is 878. The maximum atomic E-state index is 14.1. The monoisotopic (exact) mass is 505 g/mol. The van der Waals surface area contributed by atoms with Crippen molar-refractivity contribution in [3.8, 4) is 5.75 Å². The van der Waals surface area contributed by atoms with E-state index in [-0.39, 0.29) is 29.5 Å². The van der Waals surface area contributed by atoms with E-state index in [1.807, 2.05) is 27.7 Å². The van der Waals surface area contributed by atoms with E-state index in [9.17, 15) is 19.5 Å². The maximum absolute atomic E-state index is 14.1. The van der Waals surface area contributed by atoms with Crippen molar-refractivity contribution in [2.24, 2.45) is 5.92 Å². The van der Waals surface area contributed by atoms with Crippen molar-refractivity contribution in [3.63, 3.8) is 0 Å². The normalized spacial score (nSPS) is 14.1. The minimum Gasteiger partial charge on any atom is -0.508 e. The van der Waals surface area contributed by atoms with Gasteiger partial charge in [0.1, 0.15) is 23.4 Å². The van der Waals surface area contributed by atoms with Crippen LogP contribution in [0.2, 0.25) is 0 Å². The molecule has 0 radical (unpaired) electrons. The topological polar surface area (TPSA) is 108 Å². The van der Waals surface area contributed by atoms with Crippen molar-refractivity contribution >= 4 is 17.9 Å².